The van der Waals surface area contributed by atoms with Crippen molar-refractivity contribution in [1.82, 2.24) is 4.98 Å². The predicted octanol–water partition coefficient (Wildman–Crippen LogP) is 0.842. The summed E-state index contributed by atoms with van der Waals surface area (Å²) < 4.78 is 17.5. The lowest BCUT2D eigenvalue weighted by molar-refractivity contribution is 0.00578. The van der Waals surface area contributed by atoms with E-state index in [1.165, 1.54) is 0 Å². The Hall–Kier alpha value is -1.92. The van der Waals surface area contributed by atoms with E-state index in [2.05, 4.69) is 11.1 Å². The highest BCUT2D eigenvalue weighted by molar-refractivity contribution is 6.62. The topological polar surface area (TPSA) is 61.6 Å². The number of aromatic nitrogens is 1. The van der Waals surface area contributed by atoms with Crippen molar-refractivity contribution in [3.8, 4) is 0 Å². The molecule has 2 aromatic heterocycles. The molecular formula is C18H20BNO4. The van der Waals surface area contributed by atoms with Crippen LogP contribution in [-0.2, 0) is 9.31 Å². The van der Waals surface area contributed by atoms with Gasteiger partial charge in [0, 0.05) is 16.9 Å². The van der Waals surface area contributed by atoms with Crippen LogP contribution in [0.2, 0.25) is 0 Å². The Labute approximate surface area is 140 Å². The number of hydrogen-bond acceptors (Lipinski definition) is 5. The molecule has 0 aromatic carbocycles. The van der Waals surface area contributed by atoms with E-state index in [4.69, 9.17) is 13.7 Å². The van der Waals surface area contributed by atoms with Crippen LogP contribution in [0.25, 0.3) is 23.1 Å². The highest BCUT2D eigenvalue weighted by Crippen LogP contribution is 2.36. The fourth-order valence-electron chi connectivity index (χ4n) is 3.08. The summed E-state index contributed by atoms with van der Waals surface area (Å²) in [7, 11) is -0.544. The molecule has 1 aliphatic carbocycles. The summed E-state index contributed by atoms with van der Waals surface area (Å²) in [5, 5.41) is 1.36. The maximum Gasteiger partial charge on any atom is 0.496 e. The first-order valence-corrected chi connectivity index (χ1v) is 8.27. The van der Waals surface area contributed by atoms with Gasteiger partial charge < -0.3 is 13.7 Å². The van der Waals surface area contributed by atoms with Crippen molar-refractivity contribution in [1.29, 1.82) is 0 Å². The molecule has 0 atom stereocenters. The molecule has 1 aliphatic heterocycles. The second-order valence-corrected chi connectivity index (χ2v) is 7.41. The average Bonchev–Trinajstić information content (AvgIpc) is 2.75. The first-order chi connectivity index (χ1) is 11.3. The third-order valence-corrected chi connectivity index (χ3v) is 5.22. The van der Waals surface area contributed by atoms with Gasteiger partial charge in [-0.25, -0.2) is 4.79 Å². The zero-order valence-corrected chi connectivity index (χ0v) is 14.4. The Bertz CT molecular complexity index is 990. The van der Waals surface area contributed by atoms with E-state index >= 15 is 0 Å². The van der Waals surface area contributed by atoms with Gasteiger partial charge in [-0.1, -0.05) is 6.08 Å². The standard InChI is InChI=1S/C18H20BNO4/c1-17(2)18(3,4)24-19(23-17)11-9-13-15(20-10-11)12-7-5-6-8-14(12)22-16(13)21/h7-10H,5-6H2,1-4H3. The van der Waals surface area contributed by atoms with Crippen molar-refractivity contribution in [2.75, 3.05) is 0 Å². The van der Waals surface area contributed by atoms with Gasteiger partial charge >= 0.3 is 12.7 Å². The van der Waals surface area contributed by atoms with Crippen LogP contribution in [0.5, 0.6) is 0 Å². The molecule has 3 heterocycles. The zero-order valence-electron chi connectivity index (χ0n) is 14.4. The van der Waals surface area contributed by atoms with Crippen LogP contribution in [0.4, 0.5) is 0 Å². The van der Waals surface area contributed by atoms with Gasteiger partial charge in [0.2, 0.25) is 0 Å². The first-order valence-electron chi connectivity index (χ1n) is 8.27. The van der Waals surface area contributed by atoms with Crippen molar-refractivity contribution in [3.63, 3.8) is 0 Å². The van der Waals surface area contributed by atoms with E-state index in [0.29, 0.717) is 16.3 Å². The molecule has 4 rings (SSSR count). The fraction of sp³-hybridized carbons (Fsp3) is 0.444. The van der Waals surface area contributed by atoms with E-state index in [0.717, 1.165) is 23.5 Å². The molecule has 6 heteroatoms. The largest absolute Gasteiger partial charge is 0.496 e. The highest BCUT2D eigenvalue weighted by Gasteiger charge is 2.51. The summed E-state index contributed by atoms with van der Waals surface area (Å²) in [5.41, 5.74) is 0.785. The second kappa shape index (κ2) is 5.04. The van der Waals surface area contributed by atoms with Gasteiger partial charge in [-0.15, -0.1) is 0 Å². The quantitative estimate of drug-likeness (QED) is 0.727. The summed E-state index contributed by atoms with van der Waals surface area (Å²) >= 11 is 0. The maximum atomic E-state index is 12.4. The summed E-state index contributed by atoms with van der Waals surface area (Å²) in [6.07, 6.45) is 7.55. The van der Waals surface area contributed by atoms with Crippen molar-refractivity contribution >= 4 is 35.6 Å². The van der Waals surface area contributed by atoms with Gasteiger partial charge in [0.1, 0.15) is 5.42 Å². The molecule has 1 fully saturated rings. The van der Waals surface area contributed by atoms with Gasteiger partial charge in [0.25, 0.3) is 0 Å². The number of fused-ring (bicyclic) bond motifs is 3. The lowest BCUT2D eigenvalue weighted by Gasteiger charge is -2.32. The normalized spacial score (nSPS) is 21.2. The summed E-state index contributed by atoms with van der Waals surface area (Å²) in [4.78, 5) is 16.9. The smallest absolute Gasteiger partial charge is 0.423 e. The Morgan fingerprint density at radius 1 is 1.08 bits per heavy atom. The van der Waals surface area contributed by atoms with Crippen LogP contribution in [-0.4, -0.2) is 23.3 Å². The molecule has 0 spiro atoms. The summed E-state index contributed by atoms with van der Waals surface area (Å²) in [5.74, 6) is 0. The first kappa shape index (κ1) is 15.6. The van der Waals surface area contributed by atoms with Crippen LogP contribution in [0.15, 0.2) is 21.5 Å². The molecule has 0 saturated carbocycles. The van der Waals surface area contributed by atoms with Crippen LogP contribution in [0.1, 0.15) is 40.5 Å². The minimum Gasteiger partial charge on any atom is -0.423 e. The minimum atomic E-state index is -0.544. The Morgan fingerprint density at radius 3 is 2.46 bits per heavy atom. The SMILES string of the molecule is CC1(C)OB(c2cnc3c4c(oc(=O)c3c2)=CCCC=4)OC1(C)C. The van der Waals surface area contributed by atoms with Crippen LogP contribution in [0, 0.1) is 0 Å². The third kappa shape index (κ3) is 2.24. The number of rotatable bonds is 1. The van der Waals surface area contributed by atoms with E-state index < -0.39 is 18.3 Å². The summed E-state index contributed by atoms with van der Waals surface area (Å²) in [6.45, 7) is 7.99. The van der Waals surface area contributed by atoms with E-state index in [1.54, 1.807) is 12.3 Å². The second-order valence-electron chi connectivity index (χ2n) is 7.41. The van der Waals surface area contributed by atoms with Gasteiger partial charge in [0.15, 0.2) is 0 Å². The van der Waals surface area contributed by atoms with Crippen LogP contribution < -0.4 is 21.7 Å². The molecule has 124 valence electrons. The van der Waals surface area contributed by atoms with Crippen molar-refractivity contribution in [3.05, 3.63) is 33.3 Å². The molecule has 2 aliphatic rings. The highest BCUT2D eigenvalue weighted by atomic mass is 16.7. The Balaban J connectivity index is 1.87. The maximum absolute atomic E-state index is 12.4. The van der Waals surface area contributed by atoms with Gasteiger partial charge in [0.05, 0.1) is 22.1 Å². The van der Waals surface area contributed by atoms with E-state index in [-0.39, 0.29) is 5.63 Å². The molecule has 0 unspecified atom stereocenters. The van der Waals surface area contributed by atoms with Gasteiger partial charge in [-0.2, -0.15) is 0 Å². The van der Waals surface area contributed by atoms with E-state index in [9.17, 15) is 4.79 Å². The van der Waals surface area contributed by atoms with Crippen LogP contribution >= 0.6 is 0 Å². The zero-order chi connectivity index (χ0) is 17.1. The third-order valence-electron chi connectivity index (χ3n) is 5.22. The van der Waals surface area contributed by atoms with Gasteiger partial charge in [-0.05, 0) is 52.7 Å². The monoisotopic (exact) mass is 325 g/mol. The van der Waals surface area contributed by atoms with Crippen molar-refractivity contribution < 1.29 is 13.7 Å². The molecule has 0 radical (unpaired) electrons. The molecule has 5 nitrogen and oxygen atoms in total. The number of hydrogen-bond donors (Lipinski definition) is 0. The molecule has 0 amide bonds. The number of nitrogens with zero attached hydrogens (tertiary/aromatic N) is 1. The Morgan fingerprint density at radius 2 is 1.75 bits per heavy atom. The minimum absolute atomic E-state index is 0.374. The number of pyridine rings is 1. The van der Waals surface area contributed by atoms with Crippen molar-refractivity contribution in [2.24, 2.45) is 0 Å². The lowest BCUT2D eigenvalue weighted by atomic mass is 9.80. The molecule has 0 N–H and O–H groups in total. The summed E-state index contributed by atoms with van der Waals surface area (Å²) in [6, 6.07) is 1.78. The average molecular weight is 325 g/mol. The van der Waals surface area contributed by atoms with E-state index in [1.807, 2.05) is 33.8 Å². The molecular weight excluding hydrogens is 305 g/mol. The molecule has 1 saturated heterocycles. The molecule has 24 heavy (non-hydrogen) atoms. The fourth-order valence-corrected chi connectivity index (χ4v) is 3.08. The van der Waals surface area contributed by atoms with Gasteiger partial charge in [-0.3, -0.25) is 4.98 Å². The Kier molecular flexibility index (Phi) is 3.28. The molecule has 2 aromatic rings. The van der Waals surface area contributed by atoms with Crippen molar-refractivity contribution in [2.45, 2.75) is 51.7 Å². The van der Waals surface area contributed by atoms with Crippen LogP contribution in [0.3, 0.4) is 0 Å². The molecule has 0 bridgehead atoms. The predicted molar refractivity (Wildman–Crippen MR) is 93.4 cm³/mol. The lowest BCUT2D eigenvalue weighted by Crippen LogP contribution is -2.41.